The first kappa shape index (κ1) is 22.1. The Kier molecular flexibility index (Phi) is 8.33. The van der Waals surface area contributed by atoms with Crippen LogP contribution >= 0.6 is 0 Å². The summed E-state index contributed by atoms with van der Waals surface area (Å²) >= 11 is 0. The fourth-order valence-electron chi connectivity index (χ4n) is 2.60. The maximum atomic E-state index is 12.5. The Bertz CT molecular complexity index is 819. The van der Waals surface area contributed by atoms with Crippen molar-refractivity contribution < 1.29 is 28.5 Å². The summed E-state index contributed by atoms with van der Waals surface area (Å²) in [7, 11) is 1.60. The van der Waals surface area contributed by atoms with E-state index in [9.17, 15) is 9.59 Å². The molecule has 0 saturated carbocycles. The second-order valence-corrected chi connectivity index (χ2v) is 6.02. The SMILES string of the molecule is CCOC(=O)c1ccc(N(C)C(=O)OCc2cc(OCC)ccc2OCC)cc1. The molecule has 7 nitrogen and oxygen atoms in total. The van der Waals surface area contributed by atoms with Crippen molar-refractivity contribution in [2.24, 2.45) is 0 Å². The third-order valence-corrected chi connectivity index (χ3v) is 4.03. The number of esters is 1. The van der Waals surface area contributed by atoms with E-state index in [2.05, 4.69) is 0 Å². The molecule has 156 valence electrons. The molecule has 2 aromatic rings. The van der Waals surface area contributed by atoms with Gasteiger partial charge in [-0.2, -0.15) is 0 Å². The average Bonchev–Trinajstić information content (AvgIpc) is 2.73. The molecule has 0 saturated heterocycles. The van der Waals surface area contributed by atoms with Crippen molar-refractivity contribution in [3.63, 3.8) is 0 Å². The van der Waals surface area contributed by atoms with Gasteiger partial charge in [0.25, 0.3) is 0 Å². The van der Waals surface area contributed by atoms with E-state index >= 15 is 0 Å². The zero-order valence-corrected chi connectivity index (χ0v) is 17.3. The first-order valence-electron chi connectivity index (χ1n) is 9.56. The molecular formula is C22H27NO6. The second-order valence-electron chi connectivity index (χ2n) is 6.02. The van der Waals surface area contributed by atoms with E-state index in [0.717, 1.165) is 5.56 Å². The molecular weight excluding hydrogens is 374 g/mol. The van der Waals surface area contributed by atoms with Crippen LogP contribution in [0.15, 0.2) is 42.5 Å². The molecule has 0 aliphatic rings. The van der Waals surface area contributed by atoms with Gasteiger partial charge >= 0.3 is 12.1 Å². The summed E-state index contributed by atoms with van der Waals surface area (Å²) < 4.78 is 21.5. The van der Waals surface area contributed by atoms with Gasteiger partial charge in [0.1, 0.15) is 18.1 Å². The summed E-state index contributed by atoms with van der Waals surface area (Å²) in [4.78, 5) is 25.5. The van der Waals surface area contributed by atoms with Gasteiger partial charge in [-0.15, -0.1) is 0 Å². The number of carbonyl (C=O) groups excluding carboxylic acids is 2. The van der Waals surface area contributed by atoms with Crippen molar-refractivity contribution in [3.8, 4) is 11.5 Å². The lowest BCUT2D eigenvalue weighted by molar-refractivity contribution is 0.0526. The summed E-state index contributed by atoms with van der Waals surface area (Å²) in [6, 6.07) is 12.0. The summed E-state index contributed by atoms with van der Waals surface area (Å²) in [5, 5.41) is 0. The van der Waals surface area contributed by atoms with E-state index in [0.29, 0.717) is 42.6 Å². The quantitative estimate of drug-likeness (QED) is 0.579. The predicted octanol–water partition coefficient (Wildman–Crippen LogP) is 4.43. The van der Waals surface area contributed by atoms with Crippen LogP contribution < -0.4 is 14.4 Å². The van der Waals surface area contributed by atoms with Gasteiger partial charge in [-0.05, 0) is 63.2 Å². The summed E-state index contributed by atoms with van der Waals surface area (Å²) in [6.45, 7) is 6.93. The van der Waals surface area contributed by atoms with Crippen molar-refractivity contribution >= 4 is 17.7 Å². The van der Waals surface area contributed by atoms with Crippen LogP contribution in [0.4, 0.5) is 10.5 Å². The van der Waals surface area contributed by atoms with Gasteiger partial charge in [-0.1, -0.05) is 0 Å². The van der Waals surface area contributed by atoms with Crippen LogP contribution in [0.2, 0.25) is 0 Å². The van der Waals surface area contributed by atoms with Crippen molar-refractivity contribution in [1.82, 2.24) is 0 Å². The smallest absolute Gasteiger partial charge is 0.414 e. The molecule has 2 rings (SSSR count). The van der Waals surface area contributed by atoms with E-state index in [-0.39, 0.29) is 6.61 Å². The molecule has 0 aliphatic heterocycles. The Hall–Kier alpha value is -3.22. The number of carbonyl (C=O) groups is 2. The van der Waals surface area contributed by atoms with E-state index in [1.165, 1.54) is 4.90 Å². The minimum atomic E-state index is -0.529. The lowest BCUT2D eigenvalue weighted by Crippen LogP contribution is -2.27. The van der Waals surface area contributed by atoms with Gasteiger partial charge in [0, 0.05) is 18.3 Å². The fraction of sp³-hybridized carbons (Fsp3) is 0.364. The van der Waals surface area contributed by atoms with E-state index in [4.69, 9.17) is 18.9 Å². The molecule has 0 aromatic heterocycles. The Morgan fingerprint density at radius 1 is 0.862 bits per heavy atom. The average molecular weight is 401 g/mol. The fourth-order valence-corrected chi connectivity index (χ4v) is 2.60. The second kappa shape index (κ2) is 10.9. The van der Waals surface area contributed by atoms with Crippen molar-refractivity contribution in [2.45, 2.75) is 27.4 Å². The molecule has 0 unspecified atom stereocenters. The van der Waals surface area contributed by atoms with E-state index in [1.807, 2.05) is 19.9 Å². The standard InChI is InChI=1S/C22H27NO6/c1-5-26-19-12-13-20(27-6-2)17(14-19)15-29-22(25)23(4)18-10-8-16(9-11-18)21(24)28-7-3/h8-14H,5-7,15H2,1-4H3. The Labute approximate surface area is 171 Å². The van der Waals surface area contributed by atoms with Gasteiger partial charge < -0.3 is 18.9 Å². The highest BCUT2D eigenvalue weighted by atomic mass is 16.6. The maximum Gasteiger partial charge on any atom is 0.414 e. The molecule has 0 bridgehead atoms. The number of anilines is 1. The molecule has 0 spiro atoms. The van der Waals surface area contributed by atoms with Crippen LogP contribution in [0.5, 0.6) is 11.5 Å². The molecule has 0 atom stereocenters. The highest BCUT2D eigenvalue weighted by molar-refractivity contribution is 5.91. The predicted molar refractivity (Wildman–Crippen MR) is 110 cm³/mol. The minimum Gasteiger partial charge on any atom is -0.494 e. The van der Waals surface area contributed by atoms with Crippen molar-refractivity contribution in [1.29, 1.82) is 0 Å². The minimum absolute atomic E-state index is 0.0420. The lowest BCUT2D eigenvalue weighted by Gasteiger charge is -2.18. The summed E-state index contributed by atoms with van der Waals surface area (Å²) in [6.07, 6.45) is -0.529. The number of ether oxygens (including phenoxy) is 4. The lowest BCUT2D eigenvalue weighted by atomic mass is 10.2. The van der Waals surface area contributed by atoms with Crippen molar-refractivity contribution in [3.05, 3.63) is 53.6 Å². The molecule has 0 fully saturated rings. The molecule has 7 heteroatoms. The van der Waals surface area contributed by atoms with Crippen LogP contribution in [-0.2, 0) is 16.1 Å². The first-order chi connectivity index (χ1) is 14.0. The monoisotopic (exact) mass is 401 g/mol. The third-order valence-electron chi connectivity index (χ3n) is 4.03. The highest BCUT2D eigenvalue weighted by Crippen LogP contribution is 2.26. The Balaban J connectivity index is 2.04. The van der Waals surface area contributed by atoms with Crippen molar-refractivity contribution in [2.75, 3.05) is 31.8 Å². The zero-order valence-electron chi connectivity index (χ0n) is 17.3. The number of amides is 1. The van der Waals surface area contributed by atoms with Crippen LogP contribution in [-0.4, -0.2) is 38.9 Å². The van der Waals surface area contributed by atoms with Gasteiger partial charge in [0.15, 0.2) is 0 Å². The van der Waals surface area contributed by atoms with Gasteiger partial charge in [0.05, 0.1) is 25.4 Å². The normalized spacial score (nSPS) is 10.2. The van der Waals surface area contributed by atoms with Crippen LogP contribution in [0.3, 0.4) is 0 Å². The number of benzene rings is 2. The molecule has 1 amide bonds. The number of hydrogen-bond donors (Lipinski definition) is 0. The van der Waals surface area contributed by atoms with Gasteiger partial charge in [0.2, 0.25) is 0 Å². The molecule has 0 radical (unpaired) electrons. The maximum absolute atomic E-state index is 12.5. The van der Waals surface area contributed by atoms with Gasteiger partial charge in [-0.3, -0.25) is 4.90 Å². The molecule has 0 heterocycles. The first-order valence-corrected chi connectivity index (χ1v) is 9.56. The summed E-state index contributed by atoms with van der Waals surface area (Å²) in [5.41, 5.74) is 1.74. The number of hydrogen-bond acceptors (Lipinski definition) is 6. The van der Waals surface area contributed by atoms with Crippen LogP contribution in [0.1, 0.15) is 36.7 Å². The number of rotatable bonds is 9. The highest BCUT2D eigenvalue weighted by Gasteiger charge is 2.15. The third kappa shape index (κ3) is 6.14. The molecule has 2 aromatic carbocycles. The molecule has 0 aliphatic carbocycles. The van der Waals surface area contributed by atoms with Crippen LogP contribution in [0.25, 0.3) is 0 Å². The van der Waals surface area contributed by atoms with E-state index < -0.39 is 12.1 Å². The topological polar surface area (TPSA) is 74.3 Å². The number of nitrogens with zero attached hydrogens (tertiary/aromatic N) is 1. The van der Waals surface area contributed by atoms with Crippen LogP contribution in [0, 0.1) is 0 Å². The van der Waals surface area contributed by atoms with Gasteiger partial charge in [-0.25, -0.2) is 9.59 Å². The van der Waals surface area contributed by atoms with E-state index in [1.54, 1.807) is 50.4 Å². The molecule has 0 N–H and O–H groups in total. The zero-order chi connectivity index (χ0) is 21.2. The molecule has 29 heavy (non-hydrogen) atoms. The largest absolute Gasteiger partial charge is 0.494 e. The summed E-state index contributed by atoms with van der Waals surface area (Å²) in [5.74, 6) is 0.928. The Morgan fingerprint density at radius 2 is 1.55 bits per heavy atom. The Morgan fingerprint density at radius 3 is 2.17 bits per heavy atom.